The summed E-state index contributed by atoms with van der Waals surface area (Å²) >= 11 is 1.81. The van der Waals surface area contributed by atoms with Gasteiger partial charge in [-0.05, 0) is 73.6 Å². The van der Waals surface area contributed by atoms with Gasteiger partial charge in [0.25, 0.3) is 5.95 Å². The lowest BCUT2D eigenvalue weighted by Gasteiger charge is -2.34. The van der Waals surface area contributed by atoms with E-state index in [4.69, 9.17) is 21.5 Å². The van der Waals surface area contributed by atoms with Crippen LogP contribution < -0.4 is 11.5 Å². The number of benzene rings is 1. The number of nitrogens with zero attached hydrogens (tertiary/aromatic N) is 5. The molecule has 2 aliphatic carbocycles. The van der Waals surface area contributed by atoms with E-state index >= 15 is 0 Å². The Hall–Kier alpha value is -3.27. The summed E-state index contributed by atoms with van der Waals surface area (Å²) < 4.78 is 30.6. The standard InChI is InChI=1S/C29H35F2N7S/c1-4-17(2)18-8-9-19(26(33)20(18)14-23(32)25-21(30)6-5-7-22(25)31)24-10-13-34-28(36-24)38-16-35-27(37-38)29(11-12-29)15-39-3/h5-7,10,13-14,16-19H,4,8-9,11-12,15,32-33H2,1-3H3/b23-14-. The predicted octanol–water partition coefficient (Wildman–Crippen LogP) is 5.48. The molecule has 4 N–H and O–H groups in total. The van der Waals surface area contributed by atoms with E-state index in [1.165, 1.54) is 18.2 Å². The first-order valence-corrected chi connectivity index (χ1v) is 14.8. The number of rotatable bonds is 9. The van der Waals surface area contributed by atoms with Gasteiger partial charge < -0.3 is 11.5 Å². The fourth-order valence-electron chi connectivity index (χ4n) is 5.59. The van der Waals surface area contributed by atoms with Crippen LogP contribution in [-0.4, -0.2) is 36.7 Å². The minimum atomic E-state index is -0.700. The van der Waals surface area contributed by atoms with Crippen molar-refractivity contribution in [1.82, 2.24) is 24.7 Å². The molecule has 0 radical (unpaired) electrons. The van der Waals surface area contributed by atoms with Crippen LogP contribution in [0, 0.1) is 23.5 Å². The van der Waals surface area contributed by atoms with Crippen LogP contribution in [0.1, 0.15) is 69.0 Å². The summed E-state index contributed by atoms with van der Waals surface area (Å²) in [4.78, 5) is 13.8. The highest BCUT2D eigenvalue weighted by molar-refractivity contribution is 7.98. The van der Waals surface area contributed by atoms with E-state index in [2.05, 4.69) is 30.1 Å². The second-order valence-corrected chi connectivity index (χ2v) is 11.6. The Morgan fingerprint density at radius 1 is 1.21 bits per heavy atom. The molecule has 3 aromatic rings. The van der Waals surface area contributed by atoms with E-state index < -0.39 is 11.6 Å². The van der Waals surface area contributed by atoms with Crippen molar-refractivity contribution in [3.63, 3.8) is 0 Å². The zero-order chi connectivity index (χ0) is 27.7. The molecule has 7 nitrogen and oxygen atoms in total. The van der Waals surface area contributed by atoms with Crippen molar-refractivity contribution in [2.45, 2.75) is 57.3 Å². The van der Waals surface area contributed by atoms with E-state index in [0.717, 1.165) is 54.9 Å². The first kappa shape index (κ1) is 27.3. The molecular formula is C29H35F2N7S. The van der Waals surface area contributed by atoms with Crippen LogP contribution in [0.2, 0.25) is 0 Å². The molecule has 1 fully saturated rings. The fraction of sp³-hybridized carbons (Fsp3) is 0.448. The highest BCUT2D eigenvalue weighted by Crippen LogP contribution is 2.48. The molecule has 0 amide bonds. The topological polar surface area (TPSA) is 109 Å². The molecule has 2 heterocycles. The molecular weight excluding hydrogens is 516 g/mol. The third kappa shape index (κ3) is 5.31. The minimum absolute atomic E-state index is 0.0234. The second-order valence-electron chi connectivity index (χ2n) is 10.7. The Bertz CT molecular complexity index is 1390. The van der Waals surface area contributed by atoms with E-state index in [-0.39, 0.29) is 28.5 Å². The summed E-state index contributed by atoms with van der Waals surface area (Å²) in [5.41, 5.74) is 15.2. The largest absolute Gasteiger partial charge is 0.401 e. The summed E-state index contributed by atoms with van der Waals surface area (Å²) in [5.74, 6) is 1.11. The molecule has 1 aromatic carbocycles. The van der Waals surface area contributed by atoms with Crippen molar-refractivity contribution >= 4 is 17.5 Å². The van der Waals surface area contributed by atoms with Crippen molar-refractivity contribution in [3.8, 4) is 5.95 Å². The van der Waals surface area contributed by atoms with E-state index in [1.54, 1.807) is 35.0 Å². The molecule has 0 spiro atoms. The van der Waals surface area contributed by atoms with Crippen molar-refractivity contribution in [2.75, 3.05) is 12.0 Å². The van der Waals surface area contributed by atoms with Gasteiger partial charge in [-0.3, -0.25) is 0 Å². The smallest absolute Gasteiger partial charge is 0.252 e. The van der Waals surface area contributed by atoms with Crippen molar-refractivity contribution in [3.05, 3.63) is 82.9 Å². The fourth-order valence-corrected chi connectivity index (χ4v) is 6.56. The van der Waals surface area contributed by atoms with Crippen LogP contribution in [-0.2, 0) is 5.41 Å². The lowest BCUT2D eigenvalue weighted by molar-refractivity contribution is 0.343. The number of aromatic nitrogens is 5. The summed E-state index contributed by atoms with van der Waals surface area (Å²) in [6.07, 6.45) is 11.9. The zero-order valence-electron chi connectivity index (χ0n) is 22.6. The van der Waals surface area contributed by atoms with Gasteiger partial charge in [0.1, 0.15) is 18.0 Å². The average Bonchev–Trinajstić information content (AvgIpc) is 3.53. The maximum atomic E-state index is 14.5. The summed E-state index contributed by atoms with van der Waals surface area (Å²) in [6.45, 7) is 4.29. The normalized spacial score (nSPS) is 21.7. The highest BCUT2D eigenvalue weighted by atomic mass is 32.2. The van der Waals surface area contributed by atoms with Crippen LogP contribution in [0.25, 0.3) is 11.6 Å². The Balaban J connectivity index is 1.51. The summed E-state index contributed by atoms with van der Waals surface area (Å²) in [6, 6.07) is 5.60. The predicted molar refractivity (Wildman–Crippen MR) is 151 cm³/mol. The summed E-state index contributed by atoms with van der Waals surface area (Å²) in [5, 5.41) is 4.72. The van der Waals surface area contributed by atoms with E-state index in [9.17, 15) is 8.78 Å². The number of hydrogen-bond donors (Lipinski definition) is 2. The zero-order valence-corrected chi connectivity index (χ0v) is 23.4. The molecule has 1 saturated carbocycles. The lowest BCUT2D eigenvalue weighted by Crippen LogP contribution is -2.27. The first-order valence-electron chi connectivity index (χ1n) is 13.4. The van der Waals surface area contributed by atoms with E-state index in [0.29, 0.717) is 17.6 Å². The maximum Gasteiger partial charge on any atom is 0.252 e. The summed E-state index contributed by atoms with van der Waals surface area (Å²) in [7, 11) is 0. The average molecular weight is 552 g/mol. The molecule has 206 valence electrons. The van der Waals surface area contributed by atoms with Gasteiger partial charge in [0.15, 0.2) is 5.82 Å². The number of hydrogen-bond acceptors (Lipinski definition) is 7. The van der Waals surface area contributed by atoms with Crippen molar-refractivity contribution in [2.24, 2.45) is 23.3 Å². The van der Waals surface area contributed by atoms with Gasteiger partial charge in [-0.25, -0.2) is 23.7 Å². The number of nitrogens with two attached hydrogens (primary N) is 2. The van der Waals surface area contributed by atoms with Gasteiger partial charge >= 0.3 is 0 Å². The SMILES string of the molecule is CCC(C)C1CCC(c2ccnc(-n3cnc(C4(CSC)CC4)n3)n2)C(N)=C1/C=C(\N)c1c(F)cccc1F. The van der Waals surface area contributed by atoms with Crippen molar-refractivity contribution < 1.29 is 8.78 Å². The molecule has 3 atom stereocenters. The molecule has 2 aliphatic rings. The van der Waals surface area contributed by atoms with Gasteiger partial charge in [0.05, 0.1) is 11.3 Å². The Kier molecular flexibility index (Phi) is 7.75. The Morgan fingerprint density at radius 2 is 1.95 bits per heavy atom. The molecule has 10 heteroatoms. The molecule has 0 saturated heterocycles. The molecule has 0 aliphatic heterocycles. The third-order valence-corrected chi connectivity index (χ3v) is 9.08. The van der Waals surface area contributed by atoms with Gasteiger partial charge in [-0.15, -0.1) is 5.10 Å². The van der Waals surface area contributed by atoms with E-state index in [1.807, 2.05) is 6.07 Å². The second kappa shape index (κ2) is 11.1. The quantitative estimate of drug-likeness (QED) is 0.362. The molecule has 3 unspecified atom stereocenters. The Labute approximate surface area is 232 Å². The third-order valence-electron chi connectivity index (χ3n) is 8.23. The van der Waals surface area contributed by atoms with Crippen LogP contribution in [0.3, 0.4) is 0 Å². The number of thioether (sulfide) groups is 1. The highest BCUT2D eigenvalue weighted by Gasteiger charge is 2.47. The van der Waals surface area contributed by atoms with Crippen LogP contribution in [0.15, 0.2) is 54.1 Å². The molecule has 39 heavy (non-hydrogen) atoms. The minimum Gasteiger partial charge on any atom is -0.401 e. The molecule has 5 rings (SSSR count). The first-order chi connectivity index (χ1) is 18.8. The van der Waals surface area contributed by atoms with Crippen LogP contribution >= 0.6 is 11.8 Å². The van der Waals surface area contributed by atoms with Crippen LogP contribution in [0.4, 0.5) is 8.78 Å². The maximum absolute atomic E-state index is 14.5. The molecule has 2 aromatic heterocycles. The number of halogens is 2. The molecule has 0 bridgehead atoms. The van der Waals surface area contributed by atoms with Crippen molar-refractivity contribution in [1.29, 1.82) is 0 Å². The Morgan fingerprint density at radius 3 is 2.62 bits per heavy atom. The van der Waals surface area contributed by atoms with Gasteiger partial charge in [0, 0.05) is 34.7 Å². The monoisotopic (exact) mass is 551 g/mol. The van der Waals surface area contributed by atoms with Gasteiger partial charge in [0.2, 0.25) is 0 Å². The van der Waals surface area contributed by atoms with Gasteiger partial charge in [-0.1, -0.05) is 26.3 Å². The lowest BCUT2D eigenvalue weighted by atomic mass is 9.72. The number of allylic oxidation sites excluding steroid dienone is 3. The van der Waals surface area contributed by atoms with Gasteiger partial charge in [-0.2, -0.15) is 16.4 Å². The van der Waals surface area contributed by atoms with Crippen LogP contribution in [0.5, 0.6) is 0 Å².